The third-order valence-electron chi connectivity index (χ3n) is 5.95. The van der Waals surface area contributed by atoms with Gasteiger partial charge in [-0.3, -0.25) is 4.79 Å². The molecule has 142 valence electrons. The fraction of sp³-hybridized carbons (Fsp3) is 0.409. The van der Waals surface area contributed by atoms with Crippen LogP contribution in [-0.2, 0) is 26.9 Å². The maximum atomic E-state index is 12.8. The minimum absolute atomic E-state index is 0.0465. The fourth-order valence-electron chi connectivity index (χ4n) is 4.21. The maximum Gasteiger partial charge on any atom is 0.223 e. The van der Waals surface area contributed by atoms with Gasteiger partial charge in [0.2, 0.25) is 5.91 Å². The summed E-state index contributed by atoms with van der Waals surface area (Å²) in [6.45, 7) is 3.48. The van der Waals surface area contributed by atoms with Crippen molar-refractivity contribution in [3.63, 3.8) is 0 Å². The molecule has 0 bridgehead atoms. The molecule has 1 heterocycles. The van der Waals surface area contributed by atoms with E-state index in [4.69, 9.17) is 0 Å². The summed E-state index contributed by atoms with van der Waals surface area (Å²) in [5.74, 6) is 0.806. The third kappa shape index (κ3) is 3.79. The van der Waals surface area contributed by atoms with Gasteiger partial charge in [-0.2, -0.15) is 0 Å². The van der Waals surface area contributed by atoms with Gasteiger partial charge in [-0.15, -0.1) is 0 Å². The van der Waals surface area contributed by atoms with Crippen LogP contribution in [0.25, 0.3) is 0 Å². The molecule has 0 spiro atoms. The summed E-state index contributed by atoms with van der Waals surface area (Å²) < 4.78 is 25.6. The quantitative estimate of drug-likeness (QED) is 0.762. The fourth-order valence-corrected chi connectivity index (χ4v) is 5.64. The van der Waals surface area contributed by atoms with Crippen molar-refractivity contribution < 1.29 is 13.2 Å². The van der Waals surface area contributed by atoms with Crippen LogP contribution in [0, 0.1) is 11.3 Å². The lowest BCUT2D eigenvalue weighted by Crippen LogP contribution is -2.28. The molecule has 1 atom stereocenters. The van der Waals surface area contributed by atoms with E-state index in [0.717, 1.165) is 17.7 Å². The number of benzene rings is 2. The second-order valence-electron chi connectivity index (χ2n) is 8.20. The van der Waals surface area contributed by atoms with Gasteiger partial charge in [0.15, 0.2) is 9.84 Å². The zero-order chi connectivity index (χ0) is 19.1. The van der Waals surface area contributed by atoms with Crippen LogP contribution < -0.4 is 0 Å². The molecule has 1 aliphatic carbocycles. The summed E-state index contributed by atoms with van der Waals surface area (Å²) in [6.07, 6.45) is 3.06. The molecule has 2 fully saturated rings. The van der Waals surface area contributed by atoms with Crippen molar-refractivity contribution in [2.75, 3.05) is 6.54 Å². The van der Waals surface area contributed by atoms with Crippen LogP contribution in [0.2, 0.25) is 0 Å². The first-order chi connectivity index (χ1) is 12.9. The van der Waals surface area contributed by atoms with Crippen molar-refractivity contribution in [1.82, 2.24) is 4.90 Å². The monoisotopic (exact) mass is 383 g/mol. The zero-order valence-electron chi connectivity index (χ0n) is 15.6. The van der Waals surface area contributed by atoms with E-state index in [1.54, 1.807) is 24.3 Å². The predicted molar refractivity (Wildman–Crippen MR) is 105 cm³/mol. The highest BCUT2D eigenvalue weighted by atomic mass is 32.2. The van der Waals surface area contributed by atoms with Crippen molar-refractivity contribution in [3.05, 3.63) is 65.7 Å². The van der Waals surface area contributed by atoms with Gasteiger partial charge in [-0.05, 0) is 47.4 Å². The van der Waals surface area contributed by atoms with Gasteiger partial charge in [0.05, 0.1) is 10.6 Å². The molecule has 4 nitrogen and oxygen atoms in total. The molecule has 4 rings (SSSR count). The first-order valence-corrected chi connectivity index (χ1v) is 11.1. The largest absolute Gasteiger partial charge is 0.338 e. The second kappa shape index (κ2) is 6.79. The zero-order valence-corrected chi connectivity index (χ0v) is 16.4. The molecule has 0 unspecified atom stereocenters. The summed E-state index contributed by atoms with van der Waals surface area (Å²) >= 11 is 0. The Balaban J connectivity index is 1.54. The first-order valence-electron chi connectivity index (χ1n) is 9.50. The van der Waals surface area contributed by atoms with E-state index in [1.165, 1.54) is 12.8 Å². The van der Waals surface area contributed by atoms with Gasteiger partial charge in [0.1, 0.15) is 0 Å². The van der Waals surface area contributed by atoms with Crippen LogP contribution in [0.15, 0.2) is 59.5 Å². The minimum atomic E-state index is -3.41. The SMILES string of the molecule is C[C@]1(C2CC2)CC(=O)N(Cc2ccccc2CS(=O)(=O)c2ccccc2)C1. The average Bonchev–Trinajstić information content (AvgIpc) is 3.45. The Morgan fingerprint density at radius 2 is 1.63 bits per heavy atom. The standard InChI is InChI=1S/C22H25NO3S/c1-22(19-11-12-19)13-21(24)23(16-22)14-17-7-5-6-8-18(17)15-27(25,26)20-9-3-2-4-10-20/h2-10,19H,11-16H2,1H3/t22-/m0/s1. The maximum absolute atomic E-state index is 12.8. The van der Waals surface area contributed by atoms with Gasteiger partial charge in [0.25, 0.3) is 0 Å². The number of nitrogens with zero attached hydrogens (tertiary/aromatic N) is 1. The van der Waals surface area contributed by atoms with Crippen LogP contribution in [0.1, 0.15) is 37.3 Å². The molecule has 2 aliphatic rings. The highest BCUT2D eigenvalue weighted by Crippen LogP contribution is 2.51. The van der Waals surface area contributed by atoms with Gasteiger partial charge in [-0.1, -0.05) is 49.4 Å². The van der Waals surface area contributed by atoms with E-state index in [9.17, 15) is 13.2 Å². The number of sulfone groups is 1. The van der Waals surface area contributed by atoms with E-state index < -0.39 is 9.84 Å². The van der Waals surface area contributed by atoms with Crippen LogP contribution in [0.4, 0.5) is 0 Å². The molecule has 1 saturated heterocycles. The normalized spacial score (nSPS) is 23.0. The summed E-state index contributed by atoms with van der Waals surface area (Å²) in [4.78, 5) is 14.8. The van der Waals surface area contributed by atoms with Crippen molar-refractivity contribution in [3.8, 4) is 0 Å². The molecule has 1 amide bonds. The lowest BCUT2D eigenvalue weighted by Gasteiger charge is -2.24. The first kappa shape index (κ1) is 18.2. The third-order valence-corrected chi connectivity index (χ3v) is 7.63. The van der Waals surface area contributed by atoms with Crippen molar-refractivity contribution in [2.45, 2.75) is 43.4 Å². The number of amides is 1. The second-order valence-corrected chi connectivity index (χ2v) is 10.2. The van der Waals surface area contributed by atoms with Crippen LogP contribution in [-0.4, -0.2) is 25.8 Å². The highest BCUT2D eigenvalue weighted by molar-refractivity contribution is 7.90. The molecule has 0 N–H and O–H groups in total. The molecule has 0 aromatic heterocycles. The molecule has 0 radical (unpaired) electrons. The van der Waals surface area contributed by atoms with Crippen molar-refractivity contribution in [2.24, 2.45) is 11.3 Å². The number of hydrogen-bond acceptors (Lipinski definition) is 3. The number of carbonyl (C=O) groups excluding carboxylic acids is 1. The molecule has 2 aromatic rings. The van der Waals surface area contributed by atoms with E-state index in [2.05, 4.69) is 6.92 Å². The number of hydrogen-bond donors (Lipinski definition) is 0. The number of carbonyl (C=O) groups is 1. The molecule has 2 aromatic carbocycles. The Kier molecular flexibility index (Phi) is 4.58. The van der Waals surface area contributed by atoms with E-state index in [0.29, 0.717) is 23.8 Å². The Morgan fingerprint density at radius 3 is 2.30 bits per heavy atom. The molecule has 5 heteroatoms. The summed E-state index contributed by atoms with van der Waals surface area (Å²) in [5.41, 5.74) is 1.78. The van der Waals surface area contributed by atoms with E-state index in [1.807, 2.05) is 35.2 Å². The Labute approximate surface area is 161 Å². The van der Waals surface area contributed by atoms with Crippen molar-refractivity contribution in [1.29, 1.82) is 0 Å². The van der Waals surface area contributed by atoms with Crippen LogP contribution in [0.5, 0.6) is 0 Å². The average molecular weight is 384 g/mol. The topological polar surface area (TPSA) is 54.5 Å². The van der Waals surface area contributed by atoms with Gasteiger partial charge < -0.3 is 4.90 Å². The molecular formula is C22H25NO3S. The number of likely N-dealkylation sites (tertiary alicyclic amines) is 1. The van der Waals surface area contributed by atoms with Crippen molar-refractivity contribution >= 4 is 15.7 Å². The molecular weight excluding hydrogens is 358 g/mol. The summed E-state index contributed by atoms with van der Waals surface area (Å²) in [5, 5.41) is 0. The van der Waals surface area contributed by atoms with E-state index >= 15 is 0 Å². The molecule has 27 heavy (non-hydrogen) atoms. The molecule has 1 saturated carbocycles. The van der Waals surface area contributed by atoms with Gasteiger partial charge >= 0.3 is 0 Å². The Hall–Kier alpha value is -2.14. The minimum Gasteiger partial charge on any atom is -0.338 e. The van der Waals surface area contributed by atoms with Crippen LogP contribution in [0.3, 0.4) is 0 Å². The summed E-state index contributed by atoms with van der Waals surface area (Å²) in [7, 11) is -3.41. The number of rotatable bonds is 6. The van der Waals surface area contributed by atoms with Gasteiger partial charge in [0, 0.05) is 19.5 Å². The predicted octanol–water partition coefficient (Wildman–Crippen LogP) is 3.81. The Bertz CT molecular complexity index is 951. The lowest BCUT2D eigenvalue weighted by molar-refractivity contribution is -0.128. The van der Waals surface area contributed by atoms with E-state index in [-0.39, 0.29) is 17.1 Å². The highest BCUT2D eigenvalue weighted by Gasteiger charge is 2.49. The Morgan fingerprint density at radius 1 is 1.00 bits per heavy atom. The van der Waals surface area contributed by atoms with Crippen LogP contribution >= 0.6 is 0 Å². The molecule has 1 aliphatic heterocycles. The smallest absolute Gasteiger partial charge is 0.223 e. The summed E-state index contributed by atoms with van der Waals surface area (Å²) in [6, 6.07) is 16.1. The van der Waals surface area contributed by atoms with Gasteiger partial charge in [-0.25, -0.2) is 8.42 Å². The lowest BCUT2D eigenvalue weighted by atomic mass is 9.84.